The average Bonchev–Trinajstić information content (AvgIpc) is 3.30. The molecule has 29 heavy (non-hydrogen) atoms. The maximum Gasteiger partial charge on any atom is 0.314 e. The molecular weight excluding hydrogens is 372 g/mol. The lowest BCUT2D eigenvalue weighted by Gasteiger charge is -2.38. The summed E-state index contributed by atoms with van der Waals surface area (Å²) in [6, 6.07) is 1.78. The first kappa shape index (κ1) is 18.9. The number of aryl methyl sites for hydroxylation is 2. The second-order valence-corrected chi connectivity index (χ2v) is 7.66. The summed E-state index contributed by atoms with van der Waals surface area (Å²) < 4.78 is 1.78. The third-order valence-electron chi connectivity index (χ3n) is 5.42. The van der Waals surface area contributed by atoms with Crippen LogP contribution in [0.25, 0.3) is 10.9 Å². The smallest absolute Gasteiger partial charge is 0.314 e. The number of likely N-dealkylation sites (tertiary alicyclic amines) is 1. The van der Waals surface area contributed by atoms with Gasteiger partial charge in [-0.1, -0.05) is 6.92 Å². The Morgan fingerprint density at radius 1 is 1.31 bits per heavy atom. The highest BCUT2D eigenvalue weighted by molar-refractivity contribution is 6.40. The first-order chi connectivity index (χ1) is 13.8. The number of carbonyl (C=O) groups is 2. The second-order valence-electron chi connectivity index (χ2n) is 7.66. The first-order valence-electron chi connectivity index (χ1n) is 9.55. The lowest BCUT2D eigenvalue weighted by molar-refractivity contribution is -0.146. The molecule has 1 saturated heterocycles. The number of aromatic amines is 1. The number of amides is 2. The number of H-pyrrole nitrogens is 1. The Balaban J connectivity index is 1.60. The fraction of sp³-hybridized carbons (Fsp3) is 0.421. The standard InChI is InChI=1S/C19H24N8O2/c1-10-4-5-14(15-6-11(2)25-26(15)3)27(9-10)19(29)18(28)23-13-8-21-17(20)12-7-22-24-16(12)13/h6-8,10,14H,4-5,9H2,1-3H3,(H2,20,21)(H,22,24)(H,23,28)/t10-,14+/m0/s1. The van der Waals surface area contributed by atoms with Crippen LogP contribution in [0.1, 0.15) is 37.2 Å². The zero-order valence-corrected chi connectivity index (χ0v) is 16.6. The van der Waals surface area contributed by atoms with Gasteiger partial charge in [0.1, 0.15) is 5.82 Å². The van der Waals surface area contributed by atoms with Gasteiger partial charge in [-0.3, -0.25) is 19.4 Å². The molecule has 0 radical (unpaired) electrons. The van der Waals surface area contributed by atoms with E-state index < -0.39 is 11.8 Å². The number of nitrogen functional groups attached to an aromatic ring is 1. The van der Waals surface area contributed by atoms with Crippen molar-refractivity contribution in [1.82, 2.24) is 29.9 Å². The van der Waals surface area contributed by atoms with Crippen LogP contribution in [-0.4, -0.2) is 48.2 Å². The van der Waals surface area contributed by atoms with E-state index in [1.807, 2.05) is 20.0 Å². The van der Waals surface area contributed by atoms with Gasteiger partial charge in [0.15, 0.2) is 0 Å². The molecule has 2 amide bonds. The number of nitrogens with two attached hydrogens (primary N) is 1. The van der Waals surface area contributed by atoms with Gasteiger partial charge in [-0.25, -0.2) is 4.98 Å². The maximum atomic E-state index is 13.1. The molecule has 10 heteroatoms. The highest BCUT2D eigenvalue weighted by atomic mass is 16.2. The van der Waals surface area contributed by atoms with Crippen LogP contribution in [0.2, 0.25) is 0 Å². The molecule has 0 unspecified atom stereocenters. The predicted molar refractivity (Wildman–Crippen MR) is 108 cm³/mol. The third kappa shape index (κ3) is 3.41. The fourth-order valence-corrected chi connectivity index (χ4v) is 3.98. The van der Waals surface area contributed by atoms with Crippen molar-refractivity contribution in [2.75, 3.05) is 17.6 Å². The number of piperidine rings is 1. The van der Waals surface area contributed by atoms with Gasteiger partial charge < -0.3 is 16.0 Å². The average molecular weight is 396 g/mol. The lowest BCUT2D eigenvalue weighted by atomic mass is 9.92. The maximum absolute atomic E-state index is 13.1. The van der Waals surface area contributed by atoms with Crippen molar-refractivity contribution in [3.05, 3.63) is 29.8 Å². The molecule has 2 atom stereocenters. The molecule has 4 N–H and O–H groups in total. The van der Waals surface area contributed by atoms with Crippen LogP contribution in [-0.2, 0) is 16.6 Å². The molecule has 4 heterocycles. The minimum Gasteiger partial charge on any atom is -0.383 e. The molecule has 1 fully saturated rings. The Bertz CT molecular complexity index is 1090. The Morgan fingerprint density at radius 3 is 2.83 bits per heavy atom. The number of fused-ring (bicyclic) bond motifs is 1. The minimum absolute atomic E-state index is 0.188. The Kier molecular flexibility index (Phi) is 4.69. The van der Waals surface area contributed by atoms with E-state index in [1.54, 1.807) is 9.58 Å². The highest BCUT2D eigenvalue weighted by Gasteiger charge is 2.36. The van der Waals surface area contributed by atoms with Crippen LogP contribution in [0, 0.1) is 12.8 Å². The largest absolute Gasteiger partial charge is 0.383 e. The number of nitrogens with one attached hydrogen (secondary N) is 2. The summed E-state index contributed by atoms with van der Waals surface area (Å²) in [5.74, 6) is -0.681. The zero-order valence-electron chi connectivity index (χ0n) is 16.6. The molecule has 0 saturated carbocycles. The van der Waals surface area contributed by atoms with E-state index in [0.717, 1.165) is 24.2 Å². The Hall–Kier alpha value is -3.43. The van der Waals surface area contributed by atoms with Crippen LogP contribution < -0.4 is 11.1 Å². The summed E-state index contributed by atoms with van der Waals surface area (Å²) in [6.07, 6.45) is 4.72. The molecule has 0 aromatic carbocycles. The fourth-order valence-electron chi connectivity index (χ4n) is 3.98. The molecule has 0 aliphatic carbocycles. The van der Waals surface area contributed by atoms with Gasteiger partial charge in [-0.05, 0) is 31.7 Å². The zero-order chi connectivity index (χ0) is 20.7. The van der Waals surface area contributed by atoms with Crippen LogP contribution in [0.15, 0.2) is 18.5 Å². The predicted octanol–water partition coefficient (Wildman–Crippen LogP) is 1.52. The number of hydrogen-bond donors (Lipinski definition) is 3. The van der Waals surface area contributed by atoms with E-state index >= 15 is 0 Å². The summed E-state index contributed by atoms with van der Waals surface area (Å²) in [6.45, 7) is 4.51. The van der Waals surface area contributed by atoms with Crippen molar-refractivity contribution in [3.8, 4) is 0 Å². The van der Waals surface area contributed by atoms with Crippen LogP contribution >= 0.6 is 0 Å². The van der Waals surface area contributed by atoms with E-state index in [0.29, 0.717) is 34.9 Å². The molecule has 3 aromatic rings. The van der Waals surface area contributed by atoms with Gasteiger partial charge in [0.2, 0.25) is 0 Å². The van der Waals surface area contributed by atoms with Gasteiger partial charge in [0, 0.05) is 13.6 Å². The van der Waals surface area contributed by atoms with Crippen molar-refractivity contribution in [3.63, 3.8) is 0 Å². The van der Waals surface area contributed by atoms with E-state index in [4.69, 9.17) is 5.73 Å². The third-order valence-corrected chi connectivity index (χ3v) is 5.42. The molecule has 10 nitrogen and oxygen atoms in total. The van der Waals surface area contributed by atoms with Gasteiger partial charge in [0.25, 0.3) is 0 Å². The molecule has 152 valence electrons. The van der Waals surface area contributed by atoms with Gasteiger partial charge in [-0.15, -0.1) is 0 Å². The highest BCUT2D eigenvalue weighted by Crippen LogP contribution is 2.34. The summed E-state index contributed by atoms with van der Waals surface area (Å²) in [7, 11) is 1.86. The van der Waals surface area contributed by atoms with Crippen LogP contribution in [0.4, 0.5) is 11.5 Å². The second kappa shape index (κ2) is 7.19. The van der Waals surface area contributed by atoms with E-state index in [-0.39, 0.29) is 6.04 Å². The number of anilines is 2. The number of pyridine rings is 1. The molecule has 0 bridgehead atoms. The summed E-state index contributed by atoms with van der Waals surface area (Å²) in [5, 5.41) is 14.4. The van der Waals surface area contributed by atoms with Crippen molar-refractivity contribution >= 4 is 34.2 Å². The summed E-state index contributed by atoms with van der Waals surface area (Å²) in [4.78, 5) is 31.6. The van der Waals surface area contributed by atoms with E-state index in [2.05, 4.69) is 32.5 Å². The monoisotopic (exact) mass is 396 g/mol. The van der Waals surface area contributed by atoms with Crippen molar-refractivity contribution < 1.29 is 9.59 Å². The molecule has 0 spiro atoms. The molecule has 4 rings (SSSR count). The summed E-state index contributed by atoms with van der Waals surface area (Å²) in [5.41, 5.74) is 8.53. The number of rotatable bonds is 2. The van der Waals surface area contributed by atoms with Crippen LogP contribution in [0.5, 0.6) is 0 Å². The van der Waals surface area contributed by atoms with Gasteiger partial charge >= 0.3 is 11.8 Å². The number of carbonyl (C=O) groups excluding carboxylic acids is 2. The molecule has 1 aliphatic rings. The van der Waals surface area contributed by atoms with Gasteiger partial charge in [-0.2, -0.15) is 10.2 Å². The van der Waals surface area contributed by atoms with Crippen molar-refractivity contribution in [2.24, 2.45) is 13.0 Å². The Labute approximate surface area is 167 Å². The summed E-state index contributed by atoms with van der Waals surface area (Å²) >= 11 is 0. The minimum atomic E-state index is -0.717. The van der Waals surface area contributed by atoms with Crippen molar-refractivity contribution in [1.29, 1.82) is 0 Å². The molecule has 1 aliphatic heterocycles. The number of aromatic nitrogens is 5. The first-order valence-corrected chi connectivity index (χ1v) is 9.55. The topological polar surface area (TPSA) is 135 Å². The number of hydrogen-bond acceptors (Lipinski definition) is 6. The number of nitrogens with zero attached hydrogens (tertiary/aromatic N) is 5. The lowest BCUT2D eigenvalue weighted by Crippen LogP contribution is -2.47. The quantitative estimate of drug-likeness (QED) is 0.562. The van der Waals surface area contributed by atoms with E-state index in [1.165, 1.54) is 12.4 Å². The van der Waals surface area contributed by atoms with Crippen LogP contribution in [0.3, 0.4) is 0 Å². The SMILES string of the molecule is Cc1cc([C@H]2CC[C@H](C)CN2C(=O)C(=O)Nc2cnc(N)c3cn[nH]c23)n(C)n1. The molecule has 3 aromatic heterocycles. The normalized spacial score (nSPS) is 19.5. The van der Waals surface area contributed by atoms with E-state index in [9.17, 15) is 9.59 Å². The van der Waals surface area contributed by atoms with Crippen molar-refractivity contribution in [2.45, 2.75) is 32.7 Å². The molecular formula is C19H24N8O2. The Morgan fingerprint density at radius 2 is 2.10 bits per heavy atom. The van der Waals surface area contributed by atoms with Gasteiger partial charge in [0.05, 0.1) is 46.4 Å².